The van der Waals surface area contributed by atoms with E-state index in [-0.39, 0.29) is 5.82 Å². The number of carbonyl (C=O) groups excluding carboxylic acids is 1. The topological polar surface area (TPSA) is 30.2 Å². The normalized spacial score (nSPS) is 11.1. The van der Waals surface area contributed by atoms with Gasteiger partial charge in [0.2, 0.25) is 0 Å². The van der Waals surface area contributed by atoms with Crippen molar-refractivity contribution in [2.45, 2.75) is 26.7 Å². The molecule has 0 spiro atoms. The van der Waals surface area contributed by atoms with Gasteiger partial charge in [0.1, 0.15) is 23.4 Å². The van der Waals surface area contributed by atoms with E-state index >= 15 is 0 Å². The number of hydrogen-bond acceptors (Lipinski definition) is 2. The maximum Gasteiger partial charge on any atom is 0.135 e. The number of hydrogen-bond donors (Lipinski definition) is 0. The molecule has 0 saturated carbocycles. The van der Waals surface area contributed by atoms with Crippen LogP contribution >= 0.6 is 0 Å². The van der Waals surface area contributed by atoms with Crippen LogP contribution in [0.1, 0.15) is 23.1 Å². The number of benzene rings is 3. The monoisotopic (exact) mass is 372 g/mol. The summed E-state index contributed by atoms with van der Waals surface area (Å²) < 4.78 is 19.7. The van der Waals surface area contributed by atoms with Crippen LogP contribution in [-0.4, -0.2) is 6.29 Å². The van der Waals surface area contributed by atoms with Crippen LogP contribution in [-0.2, 0) is 11.2 Å². The maximum absolute atomic E-state index is 13.7. The Morgan fingerprint density at radius 2 is 1.68 bits per heavy atom. The van der Waals surface area contributed by atoms with Gasteiger partial charge in [-0.05, 0) is 84.5 Å². The Kier molecular flexibility index (Phi) is 4.82. The van der Waals surface area contributed by atoms with Crippen LogP contribution in [0, 0.1) is 19.7 Å². The first-order chi connectivity index (χ1) is 13.5. The van der Waals surface area contributed by atoms with E-state index in [2.05, 4.69) is 12.1 Å². The van der Waals surface area contributed by atoms with Gasteiger partial charge in [-0.1, -0.05) is 24.3 Å². The SMILES string of the molecule is Cc1cc(F)cc(C)c1-c1cccc(-c2cc3cc(CCC=O)ccc3o2)c1. The van der Waals surface area contributed by atoms with Crippen LogP contribution in [0.3, 0.4) is 0 Å². The molecule has 0 unspecified atom stereocenters. The number of fused-ring (bicyclic) bond motifs is 1. The second-order valence-corrected chi connectivity index (χ2v) is 7.18. The molecular weight excluding hydrogens is 351 g/mol. The second kappa shape index (κ2) is 7.43. The molecule has 140 valence electrons. The quantitative estimate of drug-likeness (QED) is 0.367. The van der Waals surface area contributed by atoms with Gasteiger partial charge in [-0.2, -0.15) is 0 Å². The fraction of sp³-hybridized carbons (Fsp3) is 0.160. The van der Waals surface area contributed by atoms with Crippen molar-refractivity contribution in [2.24, 2.45) is 0 Å². The summed E-state index contributed by atoms with van der Waals surface area (Å²) in [5, 5.41) is 1.03. The van der Waals surface area contributed by atoms with Crippen molar-refractivity contribution in [2.75, 3.05) is 0 Å². The zero-order valence-electron chi connectivity index (χ0n) is 16.0. The van der Waals surface area contributed by atoms with Crippen molar-refractivity contribution in [1.29, 1.82) is 0 Å². The number of furan rings is 1. The summed E-state index contributed by atoms with van der Waals surface area (Å²) in [5.74, 6) is 0.583. The van der Waals surface area contributed by atoms with Gasteiger partial charge in [0, 0.05) is 17.4 Å². The zero-order valence-corrected chi connectivity index (χ0v) is 16.0. The highest BCUT2D eigenvalue weighted by atomic mass is 19.1. The first kappa shape index (κ1) is 18.2. The van der Waals surface area contributed by atoms with E-state index in [1.807, 2.05) is 50.2 Å². The van der Waals surface area contributed by atoms with Gasteiger partial charge in [-0.15, -0.1) is 0 Å². The summed E-state index contributed by atoms with van der Waals surface area (Å²) in [7, 11) is 0. The molecule has 0 bridgehead atoms. The first-order valence-corrected chi connectivity index (χ1v) is 9.39. The molecule has 0 aliphatic rings. The average molecular weight is 372 g/mol. The van der Waals surface area contributed by atoms with Gasteiger partial charge < -0.3 is 9.21 Å². The number of aldehydes is 1. The van der Waals surface area contributed by atoms with Crippen LogP contribution < -0.4 is 0 Å². The Bertz CT molecular complexity index is 1150. The predicted octanol–water partition coefficient (Wildman–Crippen LogP) is 6.65. The lowest BCUT2D eigenvalue weighted by Crippen LogP contribution is -1.91. The lowest BCUT2D eigenvalue weighted by Gasteiger charge is -2.11. The molecule has 3 heteroatoms. The zero-order chi connectivity index (χ0) is 19.7. The molecule has 0 N–H and O–H groups in total. The molecule has 0 saturated heterocycles. The molecule has 1 aromatic heterocycles. The second-order valence-electron chi connectivity index (χ2n) is 7.18. The number of aryl methyl sites for hydroxylation is 3. The standard InChI is InChI=1S/C25H21FO2/c1-16-11-22(26)12-17(2)25(16)20-7-3-6-19(14-20)24-15-21-13-18(5-4-10-27)8-9-23(21)28-24/h3,6-15H,4-5H2,1-2H3. The van der Waals surface area contributed by atoms with E-state index < -0.39 is 0 Å². The van der Waals surface area contributed by atoms with Gasteiger partial charge >= 0.3 is 0 Å². The van der Waals surface area contributed by atoms with Crippen molar-refractivity contribution in [3.05, 3.63) is 83.2 Å². The molecule has 3 aromatic carbocycles. The molecule has 0 fully saturated rings. The van der Waals surface area contributed by atoms with E-state index in [0.717, 1.165) is 62.8 Å². The molecule has 28 heavy (non-hydrogen) atoms. The summed E-state index contributed by atoms with van der Waals surface area (Å²) in [6, 6.07) is 19.3. The lowest BCUT2D eigenvalue weighted by atomic mass is 9.94. The van der Waals surface area contributed by atoms with E-state index in [1.54, 1.807) is 12.1 Å². The fourth-order valence-corrected chi connectivity index (χ4v) is 3.81. The van der Waals surface area contributed by atoms with E-state index in [0.29, 0.717) is 6.42 Å². The highest BCUT2D eigenvalue weighted by molar-refractivity contribution is 5.84. The third-order valence-electron chi connectivity index (χ3n) is 5.06. The van der Waals surface area contributed by atoms with Crippen molar-refractivity contribution in [3.63, 3.8) is 0 Å². The van der Waals surface area contributed by atoms with Crippen molar-refractivity contribution >= 4 is 17.3 Å². The Labute approximate surface area is 163 Å². The Balaban J connectivity index is 1.74. The highest BCUT2D eigenvalue weighted by Crippen LogP contribution is 2.34. The average Bonchev–Trinajstić information content (AvgIpc) is 3.09. The van der Waals surface area contributed by atoms with E-state index in [4.69, 9.17) is 4.42 Å². The molecule has 2 nitrogen and oxygen atoms in total. The first-order valence-electron chi connectivity index (χ1n) is 9.39. The third kappa shape index (κ3) is 3.48. The van der Waals surface area contributed by atoms with Gasteiger partial charge in [0.15, 0.2) is 0 Å². The van der Waals surface area contributed by atoms with Gasteiger partial charge in [-0.3, -0.25) is 0 Å². The third-order valence-corrected chi connectivity index (χ3v) is 5.06. The van der Waals surface area contributed by atoms with E-state index in [9.17, 15) is 9.18 Å². The fourth-order valence-electron chi connectivity index (χ4n) is 3.81. The Hall–Kier alpha value is -3.20. The highest BCUT2D eigenvalue weighted by Gasteiger charge is 2.11. The summed E-state index contributed by atoms with van der Waals surface area (Å²) in [6.07, 6.45) is 2.20. The van der Waals surface area contributed by atoms with Crippen LogP contribution in [0.2, 0.25) is 0 Å². The molecule has 4 rings (SSSR count). The van der Waals surface area contributed by atoms with E-state index in [1.165, 1.54) is 0 Å². The van der Waals surface area contributed by atoms with Crippen molar-refractivity contribution in [1.82, 2.24) is 0 Å². The smallest absolute Gasteiger partial charge is 0.135 e. The van der Waals surface area contributed by atoms with Gasteiger partial charge in [0.05, 0.1) is 0 Å². The summed E-state index contributed by atoms with van der Waals surface area (Å²) in [6.45, 7) is 3.86. The van der Waals surface area contributed by atoms with Crippen LogP contribution in [0.25, 0.3) is 33.4 Å². The summed E-state index contributed by atoms with van der Waals surface area (Å²) in [5.41, 5.74) is 6.85. The Morgan fingerprint density at radius 3 is 2.43 bits per heavy atom. The molecule has 0 aliphatic carbocycles. The van der Waals surface area contributed by atoms with Crippen LogP contribution in [0.15, 0.2) is 65.1 Å². The van der Waals surface area contributed by atoms with Gasteiger partial charge in [0.25, 0.3) is 0 Å². The summed E-state index contributed by atoms with van der Waals surface area (Å²) >= 11 is 0. The minimum absolute atomic E-state index is 0.211. The predicted molar refractivity (Wildman–Crippen MR) is 111 cm³/mol. The van der Waals surface area contributed by atoms with Crippen LogP contribution in [0.5, 0.6) is 0 Å². The summed E-state index contributed by atoms with van der Waals surface area (Å²) in [4.78, 5) is 10.6. The minimum atomic E-state index is -0.211. The molecule has 1 heterocycles. The van der Waals surface area contributed by atoms with Crippen LogP contribution in [0.4, 0.5) is 4.39 Å². The number of halogens is 1. The maximum atomic E-state index is 13.7. The minimum Gasteiger partial charge on any atom is -0.456 e. The van der Waals surface area contributed by atoms with Crippen molar-refractivity contribution in [3.8, 4) is 22.5 Å². The lowest BCUT2D eigenvalue weighted by molar-refractivity contribution is -0.107. The molecule has 0 aliphatic heterocycles. The molecular formula is C25H21FO2. The molecule has 0 amide bonds. The number of rotatable bonds is 5. The molecule has 0 atom stereocenters. The molecule has 0 radical (unpaired) electrons. The number of carbonyl (C=O) groups is 1. The largest absolute Gasteiger partial charge is 0.456 e. The van der Waals surface area contributed by atoms with Crippen molar-refractivity contribution < 1.29 is 13.6 Å². The van der Waals surface area contributed by atoms with Gasteiger partial charge in [-0.25, -0.2) is 4.39 Å². The molecule has 4 aromatic rings. The Morgan fingerprint density at radius 1 is 0.929 bits per heavy atom.